The Morgan fingerprint density at radius 1 is 1.37 bits per heavy atom. The van der Waals surface area contributed by atoms with E-state index < -0.39 is 5.60 Å². The van der Waals surface area contributed by atoms with Gasteiger partial charge in [-0.05, 0) is 49.5 Å². The van der Waals surface area contributed by atoms with Gasteiger partial charge in [-0.3, -0.25) is 4.79 Å². The third-order valence-electron chi connectivity index (χ3n) is 3.62. The van der Waals surface area contributed by atoms with Gasteiger partial charge in [0, 0.05) is 24.9 Å². The fourth-order valence-electron chi connectivity index (χ4n) is 2.59. The van der Waals surface area contributed by atoms with Crippen LogP contribution in [0.25, 0.3) is 0 Å². The molecule has 1 heterocycles. The van der Waals surface area contributed by atoms with Crippen molar-refractivity contribution < 1.29 is 14.3 Å². The number of halogens is 1. The van der Waals surface area contributed by atoms with E-state index in [1.807, 2.05) is 26.8 Å². The molecule has 1 aliphatic heterocycles. The zero-order valence-corrected chi connectivity index (χ0v) is 13.2. The molecule has 1 aliphatic carbocycles. The maximum atomic E-state index is 12.0. The Bertz CT molecular complexity index is 428. The maximum Gasteiger partial charge on any atom is 0.410 e. The summed E-state index contributed by atoms with van der Waals surface area (Å²) < 4.78 is 6.06. The maximum absolute atomic E-state index is 12.0. The van der Waals surface area contributed by atoms with E-state index >= 15 is 0 Å². The molecule has 5 heteroatoms. The fraction of sp³-hybridized carbons (Fsp3) is 0.714. The van der Waals surface area contributed by atoms with Gasteiger partial charge in [-0.15, -0.1) is 0 Å². The Labute approximate surface area is 122 Å². The quantitative estimate of drug-likeness (QED) is 0.685. The SMILES string of the molecule is CC(C)(C)OC(=O)N1CCC2(C=C(Br)C(=O)C2)CC1. The molecule has 0 bridgehead atoms. The Morgan fingerprint density at radius 2 is 1.95 bits per heavy atom. The van der Waals surface area contributed by atoms with E-state index in [-0.39, 0.29) is 17.3 Å². The summed E-state index contributed by atoms with van der Waals surface area (Å²) in [4.78, 5) is 25.3. The molecule has 106 valence electrons. The highest BCUT2D eigenvalue weighted by Crippen LogP contribution is 2.44. The molecular weight excluding hydrogens is 310 g/mol. The smallest absolute Gasteiger partial charge is 0.410 e. The summed E-state index contributed by atoms with van der Waals surface area (Å²) in [6, 6.07) is 0. The molecule has 4 nitrogen and oxygen atoms in total. The van der Waals surface area contributed by atoms with Crippen LogP contribution in [0.3, 0.4) is 0 Å². The number of hydrogen-bond donors (Lipinski definition) is 0. The van der Waals surface area contributed by atoms with E-state index in [1.54, 1.807) is 4.90 Å². The molecule has 0 atom stereocenters. The molecule has 2 rings (SSSR count). The predicted molar refractivity (Wildman–Crippen MR) is 76.1 cm³/mol. The number of ether oxygens (including phenoxy) is 1. The van der Waals surface area contributed by atoms with Crippen LogP contribution in [0.2, 0.25) is 0 Å². The molecule has 1 saturated heterocycles. The largest absolute Gasteiger partial charge is 0.444 e. The molecule has 0 unspecified atom stereocenters. The van der Waals surface area contributed by atoms with E-state index in [9.17, 15) is 9.59 Å². The van der Waals surface area contributed by atoms with Crippen molar-refractivity contribution in [2.24, 2.45) is 5.41 Å². The molecule has 0 aromatic heterocycles. The van der Waals surface area contributed by atoms with Gasteiger partial charge in [0.1, 0.15) is 5.60 Å². The number of likely N-dealkylation sites (tertiary alicyclic amines) is 1. The van der Waals surface area contributed by atoms with Crippen LogP contribution in [-0.4, -0.2) is 35.5 Å². The zero-order valence-electron chi connectivity index (χ0n) is 11.7. The highest BCUT2D eigenvalue weighted by molar-refractivity contribution is 9.12. The van der Waals surface area contributed by atoms with Crippen LogP contribution >= 0.6 is 15.9 Å². The van der Waals surface area contributed by atoms with Crippen molar-refractivity contribution in [3.63, 3.8) is 0 Å². The van der Waals surface area contributed by atoms with Gasteiger partial charge in [0.2, 0.25) is 0 Å². The summed E-state index contributed by atoms with van der Waals surface area (Å²) in [6.45, 7) is 6.90. The summed E-state index contributed by atoms with van der Waals surface area (Å²) >= 11 is 3.30. The molecular formula is C14H20BrNO3. The van der Waals surface area contributed by atoms with E-state index in [0.29, 0.717) is 24.0 Å². The zero-order chi connectivity index (χ0) is 14.3. The van der Waals surface area contributed by atoms with Crippen molar-refractivity contribution in [2.45, 2.75) is 45.6 Å². The molecule has 2 aliphatic rings. The minimum atomic E-state index is -0.460. The average molecular weight is 330 g/mol. The number of hydrogen-bond acceptors (Lipinski definition) is 3. The van der Waals surface area contributed by atoms with Crippen LogP contribution in [-0.2, 0) is 9.53 Å². The van der Waals surface area contributed by atoms with Gasteiger partial charge in [0.05, 0.1) is 4.48 Å². The third-order valence-corrected chi connectivity index (χ3v) is 4.29. The molecule has 0 saturated carbocycles. The highest BCUT2D eigenvalue weighted by atomic mass is 79.9. The van der Waals surface area contributed by atoms with Crippen LogP contribution < -0.4 is 0 Å². The standard InChI is InChI=1S/C14H20BrNO3/c1-13(2,3)19-12(18)16-6-4-14(5-7-16)8-10(15)11(17)9-14/h8H,4-7,9H2,1-3H3. The van der Waals surface area contributed by atoms with Crippen LogP contribution in [0.4, 0.5) is 4.79 Å². The number of allylic oxidation sites excluding steroid dienone is 2. The van der Waals surface area contributed by atoms with Crippen molar-refractivity contribution in [3.05, 3.63) is 10.6 Å². The number of rotatable bonds is 0. The summed E-state index contributed by atoms with van der Waals surface area (Å²) in [5, 5.41) is 0. The van der Waals surface area contributed by atoms with Gasteiger partial charge in [-0.2, -0.15) is 0 Å². The van der Waals surface area contributed by atoms with Crippen LogP contribution in [0, 0.1) is 5.41 Å². The number of piperidine rings is 1. The normalized spacial score (nSPS) is 22.6. The first-order valence-corrected chi connectivity index (χ1v) is 7.40. The van der Waals surface area contributed by atoms with Gasteiger partial charge < -0.3 is 9.64 Å². The van der Waals surface area contributed by atoms with Crippen molar-refractivity contribution >= 4 is 27.8 Å². The lowest BCUT2D eigenvalue weighted by Gasteiger charge is -2.38. The lowest BCUT2D eigenvalue weighted by atomic mass is 9.78. The number of carbonyl (C=O) groups is 2. The first kappa shape index (κ1) is 14.6. The highest BCUT2D eigenvalue weighted by Gasteiger charge is 2.41. The molecule has 1 fully saturated rings. The average Bonchev–Trinajstić information content (AvgIpc) is 2.52. The first-order chi connectivity index (χ1) is 8.71. The lowest BCUT2D eigenvalue weighted by Crippen LogP contribution is -2.44. The summed E-state index contributed by atoms with van der Waals surface area (Å²) in [6.07, 6.45) is 3.99. The number of nitrogens with zero attached hydrogens (tertiary/aromatic N) is 1. The molecule has 0 N–H and O–H groups in total. The van der Waals surface area contributed by atoms with Gasteiger partial charge in [0.25, 0.3) is 0 Å². The Kier molecular flexibility index (Phi) is 3.78. The Balaban J connectivity index is 1.93. The molecule has 19 heavy (non-hydrogen) atoms. The molecule has 0 aromatic carbocycles. The Hall–Kier alpha value is -0.840. The van der Waals surface area contributed by atoms with E-state index in [1.165, 1.54) is 0 Å². The molecule has 0 radical (unpaired) electrons. The van der Waals surface area contributed by atoms with Gasteiger partial charge >= 0.3 is 6.09 Å². The van der Waals surface area contributed by atoms with Gasteiger partial charge in [0.15, 0.2) is 5.78 Å². The monoisotopic (exact) mass is 329 g/mol. The molecule has 0 aromatic rings. The first-order valence-electron chi connectivity index (χ1n) is 6.60. The molecule has 1 amide bonds. The minimum Gasteiger partial charge on any atom is -0.444 e. The second kappa shape index (κ2) is 4.93. The van der Waals surface area contributed by atoms with Crippen molar-refractivity contribution in [2.75, 3.05) is 13.1 Å². The third kappa shape index (κ3) is 3.38. The van der Waals surface area contributed by atoms with Crippen LogP contribution in [0.15, 0.2) is 10.6 Å². The second-order valence-electron chi connectivity index (χ2n) is 6.42. The number of carbonyl (C=O) groups excluding carboxylic acids is 2. The summed E-state index contributed by atoms with van der Waals surface area (Å²) in [7, 11) is 0. The number of amides is 1. The summed E-state index contributed by atoms with van der Waals surface area (Å²) in [5.74, 6) is 0.172. The molecule has 1 spiro atoms. The fourth-order valence-corrected chi connectivity index (χ4v) is 3.21. The van der Waals surface area contributed by atoms with Crippen molar-refractivity contribution in [1.82, 2.24) is 4.90 Å². The second-order valence-corrected chi connectivity index (χ2v) is 7.28. The number of ketones is 1. The van der Waals surface area contributed by atoms with Crippen LogP contribution in [0.1, 0.15) is 40.0 Å². The summed E-state index contributed by atoms with van der Waals surface area (Å²) in [5.41, 5.74) is -0.507. The van der Waals surface area contributed by atoms with E-state index in [4.69, 9.17) is 4.74 Å². The predicted octanol–water partition coefficient (Wildman–Crippen LogP) is 3.26. The number of Topliss-reactive ketones (excluding diaryl/α,β-unsaturated/α-hetero) is 1. The van der Waals surface area contributed by atoms with Crippen molar-refractivity contribution in [1.29, 1.82) is 0 Å². The minimum absolute atomic E-state index is 0.0472. The Morgan fingerprint density at radius 3 is 2.37 bits per heavy atom. The van der Waals surface area contributed by atoms with E-state index in [0.717, 1.165) is 12.8 Å². The van der Waals surface area contributed by atoms with Crippen LogP contribution in [0.5, 0.6) is 0 Å². The van der Waals surface area contributed by atoms with Gasteiger partial charge in [-0.1, -0.05) is 6.08 Å². The lowest BCUT2D eigenvalue weighted by molar-refractivity contribution is -0.115. The topological polar surface area (TPSA) is 46.6 Å². The van der Waals surface area contributed by atoms with Crippen molar-refractivity contribution in [3.8, 4) is 0 Å². The van der Waals surface area contributed by atoms with Gasteiger partial charge in [-0.25, -0.2) is 4.79 Å². The van der Waals surface area contributed by atoms with E-state index in [2.05, 4.69) is 15.9 Å².